The molecule has 0 radical (unpaired) electrons. The summed E-state index contributed by atoms with van der Waals surface area (Å²) in [5.41, 5.74) is 1.30. The molecule has 0 aromatic rings. The molecule has 3 atom stereocenters. The first kappa shape index (κ1) is 7.11. The zero-order chi connectivity index (χ0) is 7.84. The predicted octanol–water partition coefficient (Wildman–Crippen LogP) is 1.89. The van der Waals surface area contributed by atoms with Gasteiger partial charge in [0, 0.05) is 5.92 Å². The molecule has 1 fully saturated rings. The minimum absolute atomic E-state index is 0.0834. The SMILES string of the molecule is CC1=CC2C(O)CCC2C=C1. The maximum atomic E-state index is 9.56. The van der Waals surface area contributed by atoms with E-state index in [-0.39, 0.29) is 6.10 Å². The summed E-state index contributed by atoms with van der Waals surface area (Å²) in [6.07, 6.45) is 8.67. The Kier molecular flexibility index (Phi) is 1.61. The van der Waals surface area contributed by atoms with Crippen molar-refractivity contribution >= 4 is 0 Å². The second-order valence-electron chi connectivity index (χ2n) is 3.66. The fraction of sp³-hybridized carbons (Fsp3) is 0.600. The third kappa shape index (κ3) is 1.14. The van der Waals surface area contributed by atoms with Gasteiger partial charge in [-0.15, -0.1) is 0 Å². The lowest BCUT2D eigenvalue weighted by molar-refractivity contribution is 0.146. The van der Waals surface area contributed by atoms with Crippen LogP contribution in [0.4, 0.5) is 0 Å². The molecule has 3 unspecified atom stereocenters. The predicted molar refractivity (Wildman–Crippen MR) is 45.1 cm³/mol. The van der Waals surface area contributed by atoms with Crippen LogP contribution in [0.1, 0.15) is 19.8 Å². The molecule has 1 nitrogen and oxygen atoms in total. The number of aliphatic hydroxyl groups excluding tert-OH is 1. The molecule has 1 heteroatoms. The third-order valence-electron chi connectivity index (χ3n) is 2.80. The van der Waals surface area contributed by atoms with Gasteiger partial charge in [0.1, 0.15) is 0 Å². The quantitative estimate of drug-likeness (QED) is 0.559. The Morgan fingerprint density at radius 3 is 3.09 bits per heavy atom. The molecule has 60 valence electrons. The van der Waals surface area contributed by atoms with E-state index in [1.807, 2.05) is 0 Å². The molecule has 0 bridgehead atoms. The lowest BCUT2D eigenvalue weighted by atomic mass is 9.88. The van der Waals surface area contributed by atoms with Gasteiger partial charge in [-0.1, -0.05) is 23.8 Å². The van der Waals surface area contributed by atoms with Gasteiger partial charge in [-0.25, -0.2) is 0 Å². The molecule has 2 aliphatic rings. The van der Waals surface area contributed by atoms with Gasteiger partial charge in [-0.3, -0.25) is 0 Å². The standard InChI is InChI=1S/C10H14O/c1-7-2-3-8-4-5-10(11)9(8)6-7/h2-3,6,8-11H,4-5H2,1H3. The third-order valence-corrected chi connectivity index (χ3v) is 2.80. The van der Waals surface area contributed by atoms with Gasteiger partial charge in [0.2, 0.25) is 0 Å². The first-order valence-electron chi connectivity index (χ1n) is 4.32. The van der Waals surface area contributed by atoms with Crippen molar-refractivity contribution in [3.8, 4) is 0 Å². The van der Waals surface area contributed by atoms with E-state index in [2.05, 4.69) is 25.2 Å². The summed E-state index contributed by atoms with van der Waals surface area (Å²) in [5.74, 6) is 1.04. The van der Waals surface area contributed by atoms with E-state index in [1.165, 1.54) is 5.57 Å². The number of aliphatic hydroxyl groups is 1. The van der Waals surface area contributed by atoms with Crippen molar-refractivity contribution in [3.63, 3.8) is 0 Å². The van der Waals surface area contributed by atoms with Crippen LogP contribution in [0.25, 0.3) is 0 Å². The normalized spacial score (nSPS) is 42.0. The first-order valence-corrected chi connectivity index (χ1v) is 4.32. The summed E-state index contributed by atoms with van der Waals surface area (Å²) in [6, 6.07) is 0. The van der Waals surface area contributed by atoms with Crippen LogP contribution in [-0.4, -0.2) is 11.2 Å². The summed E-state index contributed by atoms with van der Waals surface area (Å²) < 4.78 is 0. The summed E-state index contributed by atoms with van der Waals surface area (Å²) in [7, 11) is 0. The van der Waals surface area contributed by atoms with Crippen LogP contribution in [0.3, 0.4) is 0 Å². The summed E-state index contributed by atoms with van der Waals surface area (Å²) in [4.78, 5) is 0. The van der Waals surface area contributed by atoms with Crippen molar-refractivity contribution in [1.29, 1.82) is 0 Å². The molecular formula is C10H14O. The van der Waals surface area contributed by atoms with Gasteiger partial charge in [0.15, 0.2) is 0 Å². The molecule has 0 saturated heterocycles. The van der Waals surface area contributed by atoms with Crippen LogP contribution in [0.15, 0.2) is 23.8 Å². The maximum absolute atomic E-state index is 9.56. The molecule has 0 aromatic carbocycles. The Morgan fingerprint density at radius 2 is 2.27 bits per heavy atom. The molecule has 1 N–H and O–H groups in total. The van der Waals surface area contributed by atoms with Gasteiger partial charge in [-0.2, -0.15) is 0 Å². The minimum atomic E-state index is -0.0834. The van der Waals surface area contributed by atoms with E-state index in [0.717, 1.165) is 12.8 Å². The van der Waals surface area contributed by atoms with Gasteiger partial charge < -0.3 is 5.11 Å². The lowest BCUT2D eigenvalue weighted by Crippen LogP contribution is -2.17. The van der Waals surface area contributed by atoms with Crippen molar-refractivity contribution in [2.75, 3.05) is 0 Å². The topological polar surface area (TPSA) is 20.2 Å². The fourth-order valence-electron chi connectivity index (χ4n) is 2.13. The average Bonchev–Trinajstić information content (AvgIpc) is 2.33. The number of allylic oxidation sites excluding steroid dienone is 3. The molecule has 0 aliphatic heterocycles. The monoisotopic (exact) mass is 150 g/mol. The van der Waals surface area contributed by atoms with Crippen molar-refractivity contribution in [3.05, 3.63) is 23.8 Å². The Morgan fingerprint density at radius 1 is 1.45 bits per heavy atom. The molecule has 0 spiro atoms. The van der Waals surface area contributed by atoms with E-state index < -0.39 is 0 Å². The molecule has 0 heterocycles. The Bertz CT molecular complexity index is 215. The highest BCUT2D eigenvalue weighted by molar-refractivity contribution is 5.25. The molecule has 0 amide bonds. The summed E-state index contributed by atoms with van der Waals surface area (Å²) in [5, 5.41) is 9.56. The zero-order valence-corrected chi connectivity index (χ0v) is 6.83. The first-order chi connectivity index (χ1) is 5.27. The second-order valence-corrected chi connectivity index (χ2v) is 3.66. The van der Waals surface area contributed by atoms with Crippen LogP contribution in [0.5, 0.6) is 0 Å². The Hall–Kier alpha value is -0.560. The molecule has 2 rings (SSSR count). The molecule has 11 heavy (non-hydrogen) atoms. The summed E-state index contributed by atoms with van der Waals surface area (Å²) >= 11 is 0. The highest BCUT2D eigenvalue weighted by Crippen LogP contribution is 2.37. The summed E-state index contributed by atoms with van der Waals surface area (Å²) in [6.45, 7) is 2.10. The maximum Gasteiger partial charge on any atom is 0.0608 e. The van der Waals surface area contributed by atoms with E-state index in [1.54, 1.807) is 0 Å². The highest BCUT2D eigenvalue weighted by Gasteiger charge is 2.32. The van der Waals surface area contributed by atoms with Gasteiger partial charge in [-0.05, 0) is 25.7 Å². The van der Waals surface area contributed by atoms with E-state index in [0.29, 0.717) is 11.8 Å². The van der Waals surface area contributed by atoms with E-state index in [9.17, 15) is 5.11 Å². The van der Waals surface area contributed by atoms with Gasteiger partial charge in [0.05, 0.1) is 6.10 Å². The highest BCUT2D eigenvalue weighted by atomic mass is 16.3. The average molecular weight is 150 g/mol. The molecule has 1 saturated carbocycles. The molecular weight excluding hydrogens is 136 g/mol. The van der Waals surface area contributed by atoms with E-state index >= 15 is 0 Å². The zero-order valence-electron chi connectivity index (χ0n) is 6.83. The number of hydrogen-bond donors (Lipinski definition) is 1. The fourth-order valence-corrected chi connectivity index (χ4v) is 2.13. The van der Waals surface area contributed by atoms with Crippen LogP contribution < -0.4 is 0 Å². The Balaban J connectivity index is 2.22. The number of rotatable bonds is 0. The largest absolute Gasteiger partial charge is 0.392 e. The van der Waals surface area contributed by atoms with Crippen LogP contribution >= 0.6 is 0 Å². The van der Waals surface area contributed by atoms with Crippen molar-refractivity contribution in [1.82, 2.24) is 0 Å². The van der Waals surface area contributed by atoms with Crippen LogP contribution in [0, 0.1) is 11.8 Å². The van der Waals surface area contributed by atoms with E-state index in [4.69, 9.17) is 0 Å². The molecule has 0 aromatic heterocycles. The van der Waals surface area contributed by atoms with Gasteiger partial charge >= 0.3 is 0 Å². The minimum Gasteiger partial charge on any atom is -0.392 e. The van der Waals surface area contributed by atoms with Crippen molar-refractivity contribution in [2.45, 2.75) is 25.9 Å². The van der Waals surface area contributed by atoms with Gasteiger partial charge in [0.25, 0.3) is 0 Å². The lowest BCUT2D eigenvalue weighted by Gasteiger charge is -2.19. The van der Waals surface area contributed by atoms with Crippen LogP contribution in [-0.2, 0) is 0 Å². The number of fused-ring (bicyclic) bond motifs is 1. The van der Waals surface area contributed by atoms with Crippen molar-refractivity contribution in [2.24, 2.45) is 11.8 Å². The smallest absolute Gasteiger partial charge is 0.0608 e. The number of hydrogen-bond acceptors (Lipinski definition) is 1. The second kappa shape index (κ2) is 2.49. The molecule has 2 aliphatic carbocycles. The van der Waals surface area contributed by atoms with Crippen molar-refractivity contribution < 1.29 is 5.11 Å². The Labute approximate surface area is 67.4 Å². The van der Waals surface area contributed by atoms with Crippen LogP contribution in [0.2, 0.25) is 0 Å².